The normalized spacial score (nSPS) is 36.3. The summed E-state index contributed by atoms with van der Waals surface area (Å²) in [5.74, 6) is 0.803. The molecule has 2 aliphatic rings. The highest BCUT2D eigenvalue weighted by Crippen LogP contribution is 2.45. The Kier molecular flexibility index (Phi) is 1.46. The van der Waals surface area contributed by atoms with Gasteiger partial charge in [-0.05, 0) is 26.3 Å². The fourth-order valence-corrected chi connectivity index (χ4v) is 1.97. The van der Waals surface area contributed by atoms with E-state index in [1.54, 1.807) is 0 Å². The lowest BCUT2D eigenvalue weighted by molar-refractivity contribution is 0.175. The summed E-state index contributed by atoms with van der Waals surface area (Å²) < 4.78 is 5.35. The van der Waals surface area contributed by atoms with E-state index in [9.17, 15) is 0 Å². The number of ether oxygens (including phenoxy) is 1. The van der Waals surface area contributed by atoms with E-state index in [-0.39, 0.29) is 0 Å². The highest BCUT2D eigenvalue weighted by Gasteiger charge is 2.48. The molecule has 0 spiro atoms. The molecule has 1 unspecified atom stereocenters. The molecular formula is C8H15NO. The molecule has 1 heterocycles. The third-order valence-electron chi connectivity index (χ3n) is 3.00. The molecule has 1 aliphatic carbocycles. The third kappa shape index (κ3) is 0.867. The van der Waals surface area contributed by atoms with E-state index in [4.69, 9.17) is 4.74 Å². The second-order valence-corrected chi connectivity index (χ2v) is 3.47. The standard InChI is InChI=1S/C8H15NO/c1-9-8(3-4-8)7-2-5-10-6-7/h7,9H,2-6H2,1H3. The van der Waals surface area contributed by atoms with Gasteiger partial charge in [0.05, 0.1) is 6.61 Å². The van der Waals surface area contributed by atoms with Crippen LogP contribution in [0.25, 0.3) is 0 Å². The quantitative estimate of drug-likeness (QED) is 0.613. The van der Waals surface area contributed by atoms with E-state index < -0.39 is 0 Å². The van der Waals surface area contributed by atoms with Gasteiger partial charge in [-0.15, -0.1) is 0 Å². The van der Waals surface area contributed by atoms with Crippen LogP contribution in [-0.2, 0) is 4.74 Å². The first-order valence-electron chi connectivity index (χ1n) is 4.14. The molecule has 0 aromatic carbocycles. The molecule has 10 heavy (non-hydrogen) atoms. The van der Waals surface area contributed by atoms with Gasteiger partial charge < -0.3 is 10.1 Å². The summed E-state index contributed by atoms with van der Waals surface area (Å²) in [6.45, 7) is 1.97. The van der Waals surface area contributed by atoms with E-state index in [0.29, 0.717) is 5.54 Å². The lowest BCUT2D eigenvalue weighted by atomic mass is 9.97. The Bertz CT molecular complexity index is 125. The topological polar surface area (TPSA) is 21.3 Å². The summed E-state index contributed by atoms with van der Waals surface area (Å²) >= 11 is 0. The summed E-state index contributed by atoms with van der Waals surface area (Å²) in [6.07, 6.45) is 3.98. The minimum atomic E-state index is 0.497. The molecule has 0 bridgehead atoms. The van der Waals surface area contributed by atoms with E-state index in [1.807, 2.05) is 0 Å². The first-order valence-corrected chi connectivity index (χ1v) is 4.14. The largest absolute Gasteiger partial charge is 0.381 e. The van der Waals surface area contributed by atoms with Crippen molar-refractivity contribution < 1.29 is 4.74 Å². The molecule has 2 nitrogen and oxygen atoms in total. The van der Waals surface area contributed by atoms with Gasteiger partial charge in [-0.25, -0.2) is 0 Å². The minimum Gasteiger partial charge on any atom is -0.381 e. The van der Waals surface area contributed by atoms with Crippen molar-refractivity contribution in [1.82, 2.24) is 5.32 Å². The number of hydrogen-bond donors (Lipinski definition) is 1. The van der Waals surface area contributed by atoms with Crippen LogP contribution in [0.15, 0.2) is 0 Å². The van der Waals surface area contributed by atoms with Gasteiger partial charge in [0.1, 0.15) is 0 Å². The van der Waals surface area contributed by atoms with Crippen LogP contribution in [0.3, 0.4) is 0 Å². The summed E-state index contributed by atoms with van der Waals surface area (Å²) in [5, 5.41) is 3.41. The van der Waals surface area contributed by atoms with Crippen molar-refractivity contribution in [1.29, 1.82) is 0 Å². The Labute approximate surface area is 61.9 Å². The first-order chi connectivity index (χ1) is 4.87. The smallest absolute Gasteiger partial charge is 0.0512 e. The molecule has 1 saturated heterocycles. The molecule has 1 N–H and O–H groups in total. The van der Waals surface area contributed by atoms with Crippen molar-refractivity contribution in [2.24, 2.45) is 5.92 Å². The first kappa shape index (κ1) is 6.62. The molecule has 1 atom stereocenters. The van der Waals surface area contributed by atoms with Crippen LogP contribution in [0.4, 0.5) is 0 Å². The van der Waals surface area contributed by atoms with Crippen molar-refractivity contribution >= 4 is 0 Å². The van der Waals surface area contributed by atoms with Crippen LogP contribution in [0.5, 0.6) is 0 Å². The highest BCUT2D eigenvalue weighted by atomic mass is 16.5. The molecule has 2 fully saturated rings. The minimum absolute atomic E-state index is 0.497. The maximum absolute atomic E-state index is 5.35. The fourth-order valence-electron chi connectivity index (χ4n) is 1.97. The number of nitrogens with one attached hydrogen (secondary N) is 1. The van der Waals surface area contributed by atoms with Crippen molar-refractivity contribution in [3.05, 3.63) is 0 Å². The van der Waals surface area contributed by atoms with Crippen molar-refractivity contribution in [2.75, 3.05) is 20.3 Å². The van der Waals surface area contributed by atoms with E-state index >= 15 is 0 Å². The molecule has 58 valence electrons. The second kappa shape index (κ2) is 2.21. The van der Waals surface area contributed by atoms with Crippen LogP contribution < -0.4 is 5.32 Å². The Balaban J connectivity index is 1.96. The van der Waals surface area contributed by atoms with Gasteiger partial charge in [0, 0.05) is 18.1 Å². The zero-order valence-corrected chi connectivity index (χ0v) is 6.52. The van der Waals surface area contributed by atoms with Crippen molar-refractivity contribution in [3.63, 3.8) is 0 Å². The maximum atomic E-state index is 5.35. The fraction of sp³-hybridized carbons (Fsp3) is 1.00. The predicted octanol–water partition coefficient (Wildman–Crippen LogP) is 0.775. The van der Waals surface area contributed by atoms with Crippen LogP contribution in [-0.4, -0.2) is 25.8 Å². The van der Waals surface area contributed by atoms with Gasteiger partial charge in [0.2, 0.25) is 0 Å². The molecule has 0 aromatic heterocycles. The van der Waals surface area contributed by atoms with Crippen molar-refractivity contribution in [2.45, 2.75) is 24.8 Å². The van der Waals surface area contributed by atoms with Gasteiger partial charge >= 0.3 is 0 Å². The predicted molar refractivity (Wildman–Crippen MR) is 40.0 cm³/mol. The van der Waals surface area contributed by atoms with Gasteiger partial charge in [0.15, 0.2) is 0 Å². The molecule has 1 aliphatic heterocycles. The number of rotatable bonds is 2. The van der Waals surface area contributed by atoms with Gasteiger partial charge in [0.25, 0.3) is 0 Å². The monoisotopic (exact) mass is 141 g/mol. The zero-order valence-electron chi connectivity index (χ0n) is 6.52. The average Bonchev–Trinajstić information content (AvgIpc) is 2.58. The van der Waals surface area contributed by atoms with E-state index in [1.165, 1.54) is 19.3 Å². The molecule has 0 radical (unpaired) electrons. The van der Waals surface area contributed by atoms with Crippen LogP contribution in [0, 0.1) is 5.92 Å². The average molecular weight is 141 g/mol. The molecule has 1 saturated carbocycles. The Morgan fingerprint density at radius 1 is 1.50 bits per heavy atom. The lowest BCUT2D eigenvalue weighted by Gasteiger charge is -2.19. The molecule has 0 aromatic rings. The van der Waals surface area contributed by atoms with Gasteiger partial charge in [-0.1, -0.05) is 0 Å². The summed E-state index contributed by atoms with van der Waals surface area (Å²) in [6, 6.07) is 0. The Hall–Kier alpha value is -0.0800. The molecule has 2 rings (SSSR count). The van der Waals surface area contributed by atoms with Crippen LogP contribution in [0.1, 0.15) is 19.3 Å². The molecule has 0 amide bonds. The van der Waals surface area contributed by atoms with E-state index in [2.05, 4.69) is 12.4 Å². The maximum Gasteiger partial charge on any atom is 0.0512 e. The second-order valence-electron chi connectivity index (χ2n) is 3.47. The van der Waals surface area contributed by atoms with Crippen LogP contribution >= 0.6 is 0 Å². The third-order valence-corrected chi connectivity index (χ3v) is 3.00. The van der Waals surface area contributed by atoms with Crippen LogP contribution in [0.2, 0.25) is 0 Å². The van der Waals surface area contributed by atoms with Gasteiger partial charge in [-0.3, -0.25) is 0 Å². The zero-order chi connectivity index (χ0) is 7.03. The Morgan fingerprint density at radius 2 is 2.30 bits per heavy atom. The van der Waals surface area contributed by atoms with Gasteiger partial charge in [-0.2, -0.15) is 0 Å². The lowest BCUT2D eigenvalue weighted by Crippen LogP contribution is -2.36. The Morgan fingerprint density at radius 3 is 2.70 bits per heavy atom. The summed E-state index contributed by atoms with van der Waals surface area (Å²) in [5.41, 5.74) is 0.497. The highest BCUT2D eigenvalue weighted by molar-refractivity contribution is 5.06. The molecular weight excluding hydrogens is 126 g/mol. The van der Waals surface area contributed by atoms with E-state index in [0.717, 1.165) is 19.1 Å². The molecule has 2 heteroatoms. The van der Waals surface area contributed by atoms with Crippen molar-refractivity contribution in [3.8, 4) is 0 Å². The SMILES string of the molecule is CNC1(C2CCOC2)CC1. The number of hydrogen-bond acceptors (Lipinski definition) is 2. The summed E-state index contributed by atoms with van der Waals surface area (Å²) in [4.78, 5) is 0. The summed E-state index contributed by atoms with van der Waals surface area (Å²) in [7, 11) is 2.07.